The summed E-state index contributed by atoms with van der Waals surface area (Å²) in [6.07, 6.45) is 1.92. The van der Waals surface area contributed by atoms with E-state index in [1.165, 1.54) is 5.56 Å². The second kappa shape index (κ2) is 4.94. The normalized spacial score (nSPS) is 11.7. The third kappa shape index (κ3) is 2.01. The summed E-state index contributed by atoms with van der Waals surface area (Å²) in [6.45, 7) is 4.46. The third-order valence-corrected chi connectivity index (χ3v) is 3.79. The van der Waals surface area contributed by atoms with Crippen molar-refractivity contribution in [3.8, 4) is 0 Å². The molecule has 0 aliphatic heterocycles. The summed E-state index contributed by atoms with van der Waals surface area (Å²) in [4.78, 5) is 0. The predicted octanol–water partition coefficient (Wildman–Crippen LogP) is 3.50. The van der Waals surface area contributed by atoms with Crippen molar-refractivity contribution in [1.29, 1.82) is 0 Å². The number of hydrogen-bond donors (Lipinski definition) is 1. The number of rotatable bonds is 4. The van der Waals surface area contributed by atoms with Crippen molar-refractivity contribution < 1.29 is 5.11 Å². The van der Waals surface area contributed by atoms with Gasteiger partial charge in [-0.05, 0) is 24.5 Å². The van der Waals surface area contributed by atoms with E-state index >= 15 is 0 Å². The Bertz CT molecular complexity index is 284. The van der Waals surface area contributed by atoms with Crippen molar-refractivity contribution in [3.63, 3.8) is 0 Å². The molecule has 1 nitrogen and oxygen atoms in total. The summed E-state index contributed by atoms with van der Waals surface area (Å²) >= 11 is 3.54. The highest BCUT2D eigenvalue weighted by Gasteiger charge is 2.28. The number of aliphatic hydroxyl groups is 1. The minimum atomic E-state index is -0.0832. The monoisotopic (exact) mass is 256 g/mol. The van der Waals surface area contributed by atoms with Crippen LogP contribution in [-0.4, -0.2) is 11.7 Å². The lowest BCUT2D eigenvalue weighted by atomic mass is 9.77. The first-order valence-corrected chi connectivity index (χ1v) is 5.85. The Labute approximate surface area is 94.3 Å². The molecule has 78 valence electrons. The van der Waals surface area contributed by atoms with E-state index in [-0.39, 0.29) is 12.0 Å². The topological polar surface area (TPSA) is 20.2 Å². The Morgan fingerprint density at radius 1 is 1.21 bits per heavy atom. The van der Waals surface area contributed by atoms with E-state index in [4.69, 9.17) is 0 Å². The molecular formula is C12H17BrO. The standard InChI is InChI=1S/C12H17BrO/c1-3-12(4-2,9-14)10-7-5-6-8-11(10)13/h5-8,14H,3-4,9H2,1-2H3. The maximum atomic E-state index is 9.53. The van der Waals surface area contributed by atoms with Gasteiger partial charge in [-0.15, -0.1) is 0 Å². The first-order valence-electron chi connectivity index (χ1n) is 5.06. The summed E-state index contributed by atoms with van der Waals surface area (Å²) in [5.74, 6) is 0. The fourth-order valence-electron chi connectivity index (χ4n) is 1.83. The average molecular weight is 257 g/mol. The zero-order valence-electron chi connectivity index (χ0n) is 8.76. The van der Waals surface area contributed by atoms with Crippen molar-refractivity contribution >= 4 is 15.9 Å². The number of aliphatic hydroxyl groups excluding tert-OH is 1. The van der Waals surface area contributed by atoms with Gasteiger partial charge in [-0.1, -0.05) is 48.0 Å². The first kappa shape index (κ1) is 11.7. The molecule has 0 atom stereocenters. The summed E-state index contributed by atoms with van der Waals surface area (Å²) in [7, 11) is 0. The molecule has 1 rings (SSSR count). The van der Waals surface area contributed by atoms with Crippen LogP contribution in [0.25, 0.3) is 0 Å². The highest BCUT2D eigenvalue weighted by Crippen LogP contribution is 2.35. The molecule has 0 spiro atoms. The van der Waals surface area contributed by atoms with Gasteiger partial charge in [0.2, 0.25) is 0 Å². The van der Waals surface area contributed by atoms with Crippen LogP contribution in [0.5, 0.6) is 0 Å². The Morgan fingerprint density at radius 2 is 1.79 bits per heavy atom. The van der Waals surface area contributed by atoms with Crippen molar-refractivity contribution in [2.45, 2.75) is 32.1 Å². The number of benzene rings is 1. The molecule has 0 saturated carbocycles. The van der Waals surface area contributed by atoms with Gasteiger partial charge in [0.15, 0.2) is 0 Å². The second-order valence-electron chi connectivity index (χ2n) is 3.63. The molecule has 2 heteroatoms. The molecule has 1 aromatic carbocycles. The van der Waals surface area contributed by atoms with Crippen LogP contribution in [-0.2, 0) is 5.41 Å². The maximum absolute atomic E-state index is 9.53. The zero-order valence-corrected chi connectivity index (χ0v) is 10.3. The largest absolute Gasteiger partial charge is 0.395 e. The molecule has 0 aromatic heterocycles. The Kier molecular flexibility index (Phi) is 4.14. The van der Waals surface area contributed by atoms with Crippen LogP contribution in [0.4, 0.5) is 0 Å². The molecule has 0 heterocycles. The molecule has 1 aromatic rings. The summed E-state index contributed by atoms with van der Waals surface area (Å²) in [5.41, 5.74) is 1.13. The fraction of sp³-hybridized carbons (Fsp3) is 0.500. The molecule has 0 saturated heterocycles. The smallest absolute Gasteiger partial charge is 0.0528 e. The molecule has 0 bridgehead atoms. The molecular weight excluding hydrogens is 240 g/mol. The van der Waals surface area contributed by atoms with E-state index in [0.29, 0.717) is 0 Å². The third-order valence-electron chi connectivity index (χ3n) is 3.10. The maximum Gasteiger partial charge on any atom is 0.0528 e. The highest BCUT2D eigenvalue weighted by atomic mass is 79.9. The fourth-order valence-corrected chi connectivity index (χ4v) is 2.54. The van der Waals surface area contributed by atoms with E-state index in [1.807, 2.05) is 18.2 Å². The Morgan fingerprint density at radius 3 is 2.21 bits per heavy atom. The van der Waals surface area contributed by atoms with Crippen LogP contribution in [0, 0.1) is 0 Å². The van der Waals surface area contributed by atoms with Crippen molar-refractivity contribution in [1.82, 2.24) is 0 Å². The van der Waals surface area contributed by atoms with Crippen molar-refractivity contribution in [3.05, 3.63) is 34.3 Å². The number of hydrogen-bond acceptors (Lipinski definition) is 1. The van der Waals surface area contributed by atoms with Gasteiger partial charge < -0.3 is 5.11 Å². The van der Waals surface area contributed by atoms with Crippen LogP contribution in [0.1, 0.15) is 32.3 Å². The van der Waals surface area contributed by atoms with Crippen LogP contribution < -0.4 is 0 Å². The SMILES string of the molecule is CCC(CC)(CO)c1ccccc1Br. The van der Waals surface area contributed by atoms with Gasteiger partial charge >= 0.3 is 0 Å². The van der Waals surface area contributed by atoms with Gasteiger partial charge in [0.25, 0.3) is 0 Å². The zero-order chi connectivity index (χ0) is 10.6. The average Bonchev–Trinajstić information content (AvgIpc) is 2.24. The quantitative estimate of drug-likeness (QED) is 0.875. The van der Waals surface area contributed by atoms with E-state index in [0.717, 1.165) is 17.3 Å². The lowest BCUT2D eigenvalue weighted by molar-refractivity contribution is 0.182. The van der Waals surface area contributed by atoms with Gasteiger partial charge in [-0.3, -0.25) is 0 Å². The molecule has 0 aliphatic rings. The molecule has 0 unspecified atom stereocenters. The predicted molar refractivity (Wildman–Crippen MR) is 63.5 cm³/mol. The van der Waals surface area contributed by atoms with Crippen LogP contribution in [0.2, 0.25) is 0 Å². The number of halogens is 1. The second-order valence-corrected chi connectivity index (χ2v) is 4.48. The molecule has 0 aliphatic carbocycles. The van der Waals surface area contributed by atoms with Crippen LogP contribution >= 0.6 is 15.9 Å². The van der Waals surface area contributed by atoms with Gasteiger partial charge in [-0.2, -0.15) is 0 Å². The van der Waals surface area contributed by atoms with E-state index in [9.17, 15) is 5.11 Å². The Hall–Kier alpha value is -0.340. The molecule has 0 radical (unpaired) electrons. The highest BCUT2D eigenvalue weighted by molar-refractivity contribution is 9.10. The van der Waals surface area contributed by atoms with Crippen molar-refractivity contribution in [2.75, 3.05) is 6.61 Å². The van der Waals surface area contributed by atoms with Gasteiger partial charge in [0.05, 0.1) is 6.61 Å². The lowest BCUT2D eigenvalue weighted by Gasteiger charge is -2.31. The molecule has 1 N–H and O–H groups in total. The summed E-state index contributed by atoms with van der Waals surface area (Å²) in [6, 6.07) is 8.15. The molecule has 14 heavy (non-hydrogen) atoms. The van der Waals surface area contributed by atoms with Crippen LogP contribution in [0.3, 0.4) is 0 Å². The van der Waals surface area contributed by atoms with Crippen molar-refractivity contribution in [2.24, 2.45) is 0 Å². The minimum Gasteiger partial charge on any atom is -0.395 e. The lowest BCUT2D eigenvalue weighted by Crippen LogP contribution is -2.29. The van der Waals surface area contributed by atoms with E-state index < -0.39 is 0 Å². The van der Waals surface area contributed by atoms with Crippen LogP contribution in [0.15, 0.2) is 28.7 Å². The van der Waals surface area contributed by atoms with Gasteiger partial charge in [0.1, 0.15) is 0 Å². The van der Waals surface area contributed by atoms with E-state index in [1.54, 1.807) is 0 Å². The van der Waals surface area contributed by atoms with Gasteiger partial charge in [0, 0.05) is 9.89 Å². The summed E-state index contributed by atoms with van der Waals surface area (Å²) < 4.78 is 1.10. The minimum absolute atomic E-state index is 0.0832. The van der Waals surface area contributed by atoms with E-state index in [2.05, 4.69) is 35.8 Å². The first-order chi connectivity index (χ1) is 6.70. The Balaban J connectivity index is 3.17. The van der Waals surface area contributed by atoms with Gasteiger partial charge in [-0.25, -0.2) is 0 Å². The molecule has 0 amide bonds. The summed E-state index contributed by atoms with van der Waals surface area (Å²) in [5, 5.41) is 9.53. The molecule has 0 fully saturated rings.